The average molecular weight is 300 g/mol. The number of carbonyl (C=O) groups is 1. The maximum Gasteiger partial charge on any atom is 0.307 e. The third-order valence-electron chi connectivity index (χ3n) is 2.56. The lowest BCUT2D eigenvalue weighted by Crippen LogP contribution is -2.02. The number of aromatic amines is 1. The van der Waals surface area contributed by atoms with E-state index in [0.717, 1.165) is 0 Å². The van der Waals surface area contributed by atoms with Crippen LogP contribution in [-0.4, -0.2) is 26.3 Å². The molecule has 4 N–H and O–H groups in total. The Morgan fingerprint density at radius 3 is 2.71 bits per heavy atom. The van der Waals surface area contributed by atoms with E-state index in [1.54, 1.807) is 6.07 Å². The zero-order valence-corrected chi connectivity index (χ0v) is 10.3. The van der Waals surface area contributed by atoms with Crippen LogP contribution in [0.15, 0.2) is 16.6 Å². The van der Waals surface area contributed by atoms with Crippen LogP contribution in [0.4, 0.5) is 0 Å². The van der Waals surface area contributed by atoms with E-state index in [4.69, 9.17) is 5.11 Å². The Hall–Kier alpha value is -1.53. The summed E-state index contributed by atoms with van der Waals surface area (Å²) < 4.78 is 0.433. The SMILES string of the molecule is O=C(O)Cc1c(CO)[nH]c2ccc(O)c(Br)c12. The molecule has 0 spiro atoms. The molecule has 0 unspecified atom stereocenters. The molecule has 0 amide bonds. The first-order chi connectivity index (χ1) is 8.04. The number of fused-ring (bicyclic) bond motifs is 1. The monoisotopic (exact) mass is 299 g/mol. The molecule has 0 radical (unpaired) electrons. The lowest BCUT2D eigenvalue weighted by atomic mass is 10.1. The Morgan fingerprint density at radius 2 is 2.12 bits per heavy atom. The summed E-state index contributed by atoms with van der Waals surface area (Å²) in [7, 11) is 0. The Labute approximate surface area is 105 Å². The predicted octanol–water partition coefficient (Wildman–Crippen LogP) is 1.76. The van der Waals surface area contributed by atoms with E-state index in [0.29, 0.717) is 26.6 Å². The van der Waals surface area contributed by atoms with Crippen LogP contribution in [-0.2, 0) is 17.8 Å². The molecule has 90 valence electrons. The molecule has 0 aliphatic rings. The first kappa shape index (κ1) is 11.9. The molecule has 1 aromatic heterocycles. The highest BCUT2D eigenvalue weighted by atomic mass is 79.9. The molecule has 2 rings (SSSR count). The molecule has 0 aliphatic carbocycles. The number of aliphatic hydroxyl groups excluding tert-OH is 1. The van der Waals surface area contributed by atoms with Crippen LogP contribution in [0.25, 0.3) is 10.9 Å². The van der Waals surface area contributed by atoms with E-state index in [2.05, 4.69) is 20.9 Å². The van der Waals surface area contributed by atoms with Crippen molar-refractivity contribution in [1.29, 1.82) is 0 Å². The number of phenols is 1. The molecule has 1 heterocycles. The fourth-order valence-corrected chi connectivity index (χ4v) is 2.42. The summed E-state index contributed by atoms with van der Waals surface area (Å²) in [4.78, 5) is 13.7. The molecule has 5 nitrogen and oxygen atoms in total. The standard InChI is InChI=1S/C11H10BrNO4/c12-11-8(15)2-1-6-10(11)5(3-9(16)17)7(4-14)13-6/h1-2,13-15H,3-4H2,(H,16,17). The lowest BCUT2D eigenvalue weighted by molar-refractivity contribution is -0.136. The summed E-state index contributed by atoms with van der Waals surface area (Å²) in [5.74, 6) is -0.955. The highest BCUT2D eigenvalue weighted by molar-refractivity contribution is 9.10. The third-order valence-corrected chi connectivity index (χ3v) is 3.36. The molecule has 1 aromatic carbocycles. The summed E-state index contributed by atoms with van der Waals surface area (Å²) in [5.41, 5.74) is 1.61. The number of nitrogens with one attached hydrogen (secondary N) is 1. The number of aromatic hydroxyl groups is 1. The Bertz CT molecular complexity index is 591. The van der Waals surface area contributed by atoms with Gasteiger partial charge in [-0.05, 0) is 33.6 Å². The minimum Gasteiger partial charge on any atom is -0.507 e. The van der Waals surface area contributed by atoms with Gasteiger partial charge in [0.05, 0.1) is 17.5 Å². The minimum absolute atomic E-state index is 0.0348. The van der Waals surface area contributed by atoms with E-state index in [-0.39, 0.29) is 18.8 Å². The van der Waals surface area contributed by atoms with Gasteiger partial charge in [0.1, 0.15) is 5.75 Å². The van der Waals surface area contributed by atoms with Crippen molar-refractivity contribution in [3.8, 4) is 5.75 Å². The average Bonchev–Trinajstić information content (AvgIpc) is 2.62. The number of halogens is 1. The highest BCUT2D eigenvalue weighted by Gasteiger charge is 2.17. The maximum atomic E-state index is 10.8. The molecule has 0 fully saturated rings. The van der Waals surface area contributed by atoms with Crippen LogP contribution in [0, 0.1) is 0 Å². The molecule has 0 saturated carbocycles. The van der Waals surface area contributed by atoms with Gasteiger partial charge in [0.15, 0.2) is 0 Å². The van der Waals surface area contributed by atoms with Gasteiger partial charge in [-0.1, -0.05) is 0 Å². The van der Waals surface area contributed by atoms with Crippen molar-refractivity contribution < 1.29 is 20.1 Å². The van der Waals surface area contributed by atoms with Crippen LogP contribution in [0.1, 0.15) is 11.3 Å². The van der Waals surface area contributed by atoms with E-state index < -0.39 is 5.97 Å². The predicted molar refractivity (Wildman–Crippen MR) is 64.9 cm³/mol. The van der Waals surface area contributed by atoms with Gasteiger partial charge in [-0.25, -0.2) is 0 Å². The number of benzene rings is 1. The number of aliphatic hydroxyl groups is 1. The van der Waals surface area contributed by atoms with Crippen molar-refractivity contribution in [2.75, 3.05) is 0 Å². The molecule has 0 aliphatic heterocycles. The van der Waals surface area contributed by atoms with Crippen LogP contribution in [0.5, 0.6) is 5.75 Å². The second-order valence-corrected chi connectivity index (χ2v) is 4.42. The minimum atomic E-state index is -0.990. The van der Waals surface area contributed by atoms with E-state index in [9.17, 15) is 15.0 Å². The smallest absolute Gasteiger partial charge is 0.307 e. The van der Waals surface area contributed by atoms with Crippen molar-refractivity contribution in [1.82, 2.24) is 4.98 Å². The van der Waals surface area contributed by atoms with Gasteiger partial charge in [0.25, 0.3) is 0 Å². The molecular formula is C11H10BrNO4. The van der Waals surface area contributed by atoms with Gasteiger partial charge >= 0.3 is 5.97 Å². The highest BCUT2D eigenvalue weighted by Crippen LogP contribution is 2.36. The maximum absolute atomic E-state index is 10.8. The van der Waals surface area contributed by atoms with E-state index >= 15 is 0 Å². The van der Waals surface area contributed by atoms with Crippen molar-refractivity contribution in [2.24, 2.45) is 0 Å². The van der Waals surface area contributed by atoms with Crippen LogP contribution >= 0.6 is 15.9 Å². The van der Waals surface area contributed by atoms with Crippen molar-refractivity contribution in [2.45, 2.75) is 13.0 Å². The van der Waals surface area contributed by atoms with Gasteiger partial charge < -0.3 is 20.3 Å². The van der Waals surface area contributed by atoms with Crippen LogP contribution in [0.3, 0.4) is 0 Å². The zero-order valence-electron chi connectivity index (χ0n) is 8.70. The number of phenolic OH excluding ortho intramolecular Hbond substituents is 1. The fraction of sp³-hybridized carbons (Fsp3) is 0.182. The second-order valence-electron chi connectivity index (χ2n) is 3.63. The topological polar surface area (TPSA) is 93.5 Å². The number of carboxylic acid groups (broad SMARTS) is 1. The molecule has 0 saturated heterocycles. The van der Waals surface area contributed by atoms with Crippen LogP contribution in [0.2, 0.25) is 0 Å². The normalized spacial score (nSPS) is 10.9. The number of carboxylic acids is 1. The molecule has 0 bridgehead atoms. The summed E-state index contributed by atoms with van der Waals surface area (Å²) >= 11 is 3.22. The first-order valence-corrected chi connectivity index (χ1v) is 5.67. The quantitative estimate of drug-likeness (QED) is 0.695. The molecule has 17 heavy (non-hydrogen) atoms. The number of rotatable bonds is 3. The lowest BCUT2D eigenvalue weighted by Gasteiger charge is -2.02. The van der Waals surface area contributed by atoms with Crippen molar-refractivity contribution in [3.63, 3.8) is 0 Å². The summed E-state index contributed by atoms with van der Waals surface area (Å²) in [5, 5.41) is 28.2. The van der Waals surface area contributed by atoms with Gasteiger partial charge in [-0.2, -0.15) is 0 Å². The van der Waals surface area contributed by atoms with Gasteiger partial charge in [0.2, 0.25) is 0 Å². The molecule has 6 heteroatoms. The van der Waals surface area contributed by atoms with Crippen LogP contribution < -0.4 is 0 Å². The Balaban J connectivity index is 2.76. The summed E-state index contributed by atoms with van der Waals surface area (Å²) in [6.45, 7) is -0.273. The van der Waals surface area contributed by atoms with Gasteiger partial charge in [-0.3, -0.25) is 4.79 Å². The number of aliphatic carboxylic acids is 1. The summed E-state index contributed by atoms with van der Waals surface area (Å²) in [6.07, 6.45) is -0.210. The van der Waals surface area contributed by atoms with Gasteiger partial charge in [-0.15, -0.1) is 0 Å². The van der Waals surface area contributed by atoms with Gasteiger partial charge in [0, 0.05) is 16.6 Å². The molecule has 2 aromatic rings. The number of hydrogen-bond acceptors (Lipinski definition) is 3. The van der Waals surface area contributed by atoms with E-state index in [1.165, 1.54) is 6.07 Å². The first-order valence-electron chi connectivity index (χ1n) is 4.88. The Morgan fingerprint density at radius 1 is 1.41 bits per heavy atom. The molecule has 0 atom stereocenters. The molecular weight excluding hydrogens is 290 g/mol. The fourth-order valence-electron chi connectivity index (χ4n) is 1.83. The van der Waals surface area contributed by atoms with Crippen molar-refractivity contribution >= 4 is 32.8 Å². The number of aromatic nitrogens is 1. The van der Waals surface area contributed by atoms with E-state index in [1.807, 2.05) is 0 Å². The second kappa shape index (κ2) is 4.38. The summed E-state index contributed by atoms with van der Waals surface area (Å²) in [6, 6.07) is 3.13. The number of hydrogen-bond donors (Lipinski definition) is 4. The number of H-pyrrole nitrogens is 1. The third kappa shape index (κ3) is 2.01. The van der Waals surface area contributed by atoms with Crippen molar-refractivity contribution in [3.05, 3.63) is 27.9 Å². The largest absolute Gasteiger partial charge is 0.507 e. The zero-order chi connectivity index (χ0) is 12.6. The Kier molecular flexibility index (Phi) is 3.08.